The Kier molecular flexibility index (Phi) is 3.30. The number of aliphatic hydroxyl groups is 1. The van der Waals surface area contributed by atoms with Gasteiger partial charge >= 0.3 is 0 Å². The SMILES string of the molecule is Cc1cc(=O)c(O)c(C)n1CCCO. The van der Waals surface area contributed by atoms with Crippen LogP contribution in [0.3, 0.4) is 0 Å². The number of hydrogen-bond acceptors (Lipinski definition) is 3. The molecular weight excluding hydrogens is 182 g/mol. The van der Waals surface area contributed by atoms with Crippen molar-refractivity contribution in [3.05, 3.63) is 27.7 Å². The lowest BCUT2D eigenvalue weighted by atomic mass is 10.2. The van der Waals surface area contributed by atoms with Crippen LogP contribution < -0.4 is 5.43 Å². The van der Waals surface area contributed by atoms with E-state index in [1.807, 2.05) is 11.5 Å². The van der Waals surface area contributed by atoms with Crippen molar-refractivity contribution in [2.24, 2.45) is 0 Å². The van der Waals surface area contributed by atoms with Crippen LogP contribution >= 0.6 is 0 Å². The first-order chi connectivity index (χ1) is 6.57. The average Bonchev–Trinajstić information content (AvgIpc) is 2.14. The van der Waals surface area contributed by atoms with Crippen LogP contribution in [0.5, 0.6) is 5.75 Å². The number of rotatable bonds is 3. The summed E-state index contributed by atoms with van der Waals surface area (Å²) in [5.74, 6) is -0.200. The smallest absolute Gasteiger partial charge is 0.223 e. The molecule has 4 nitrogen and oxygen atoms in total. The molecule has 0 unspecified atom stereocenters. The Labute approximate surface area is 82.4 Å². The predicted molar refractivity (Wildman–Crippen MR) is 53.5 cm³/mol. The van der Waals surface area contributed by atoms with Gasteiger partial charge in [0.25, 0.3) is 0 Å². The van der Waals surface area contributed by atoms with Crippen molar-refractivity contribution in [3.63, 3.8) is 0 Å². The Hall–Kier alpha value is -1.29. The highest BCUT2D eigenvalue weighted by molar-refractivity contribution is 5.28. The third-order valence-electron chi connectivity index (χ3n) is 2.29. The Morgan fingerprint density at radius 1 is 1.43 bits per heavy atom. The summed E-state index contributed by atoms with van der Waals surface area (Å²) in [5.41, 5.74) is 1.02. The van der Waals surface area contributed by atoms with Gasteiger partial charge in [0, 0.05) is 24.9 Å². The Bertz CT molecular complexity index is 382. The van der Waals surface area contributed by atoms with Gasteiger partial charge in [-0.1, -0.05) is 0 Å². The summed E-state index contributed by atoms with van der Waals surface area (Å²) in [5, 5.41) is 18.1. The molecule has 0 saturated carbocycles. The predicted octanol–water partition coefficient (Wildman–Crippen LogP) is 0.553. The number of aromatic hydroxyl groups is 1. The molecule has 0 saturated heterocycles. The Morgan fingerprint density at radius 2 is 2.07 bits per heavy atom. The molecule has 0 aliphatic rings. The minimum absolute atomic E-state index is 0.103. The zero-order chi connectivity index (χ0) is 10.7. The third-order valence-corrected chi connectivity index (χ3v) is 2.29. The van der Waals surface area contributed by atoms with Crippen molar-refractivity contribution in [2.75, 3.05) is 6.61 Å². The van der Waals surface area contributed by atoms with Crippen LogP contribution in [-0.4, -0.2) is 21.4 Å². The van der Waals surface area contributed by atoms with Gasteiger partial charge in [0.05, 0.1) is 5.69 Å². The van der Waals surface area contributed by atoms with Crippen molar-refractivity contribution >= 4 is 0 Å². The standard InChI is InChI=1S/C10H15NO3/c1-7-6-9(13)10(14)8(2)11(7)4-3-5-12/h6,12,14H,3-5H2,1-2H3. The molecule has 0 spiro atoms. The van der Waals surface area contributed by atoms with E-state index in [1.165, 1.54) is 6.07 Å². The highest BCUT2D eigenvalue weighted by Crippen LogP contribution is 2.12. The lowest BCUT2D eigenvalue weighted by Crippen LogP contribution is -2.14. The van der Waals surface area contributed by atoms with Gasteiger partial charge in [-0.25, -0.2) is 0 Å². The molecule has 78 valence electrons. The zero-order valence-electron chi connectivity index (χ0n) is 8.45. The van der Waals surface area contributed by atoms with Crippen molar-refractivity contribution < 1.29 is 10.2 Å². The maximum Gasteiger partial charge on any atom is 0.223 e. The van der Waals surface area contributed by atoms with E-state index in [9.17, 15) is 9.90 Å². The van der Waals surface area contributed by atoms with Gasteiger partial charge in [-0.2, -0.15) is 0 Å². The number of aryl methyl sites for hydroxylation is 1. The number of aliphatic hydroxyl groups excluding tert-OH is 1. The van der Waals surface area contributed by atoms with Gasteiger partial charge in [0.1, 0.15) is 0 Å². The van der Waals surface area contributed by atoms with E-state index in [4.69, 9.17) is 5.11 Å². The highest BCUT2D eigenvalue weighted by atomic mass is 16.3. The van der Waals surface area contributed by atoms with Crippen LogP contribution in [0, 0.1) is 13.8 Å². The molecule has 0 bridgehead atoms. The second kappa shape index (κ2) is 4.28. The largest absolute Gasteiger partial charge is 0.503 e. The number of nitrogens with zero attached hydrogens (tertiary/aromatic N) is 1. The van der Waals surface area contributed by atoms with Gasteiger partial charge in [-0.15, -0.1) is 0 Å². The van der Waals surface area contributed by atoms with Gasteiger partial charge in [0.15, 0.2) is 5.75 Å². The summed E-state index contributed by atoms with van der Waals surface area (Å²) < 4.78 is 1.83. The van der Waals surface area contributed by atoms with Crippen LogP contribution in [0.4, 0.5) is 0 Å². The fourth-order valence-electron chi connectivity index (χ4n) is 1.48. The summed E-state index contributed by atoms with van der Waals surface area (Å²) in [4.78, 5) is 11.2. The van der Waals surface area contributed by atoms with Crippen molar-refractivity contribution in [1.29, 1.82) is 0 Å². The summed E-state index contributed by atoms with van der Waals surface area (Å²) in [6, 6.07) is 1.40. The monoisotopic (exact) mass is 197 g/mol. The van der Waals surface area contributed by atoms with Crippen LogP contribution in [0.1, 0.15) is 17.8 Å². The van der Waals surface area contributed by atoms with Gasteiger partial charge < -0.3 is 14.8 Å². The number of aromatic nitrogens is 1. The molecule has 1 aromatic rings. The van der Waals surface area contributed by atoms with Crippen LogP contribution in [0.25, 0.3) is 0 Å². The molecule has 14 heavy (non-hydrogen) atoms. The summed E-state index contributed by atoms with van der Waals surface area (Å²) >= 11 is 0. The lowest BCUT2D eigenvalue weighted by Gasteiger charge is -2.14. The Balaban J connectivity index is 3.15. The van der Waals surface area contributed by atoms with Gasteiger partial charge in [-0.3, -0.25) is 4.79 Å². The summed E-state index contributed by atoms with van der Waals surface area (Å²) in [6.07, 6.45) is 0.615. The maximum atomic E-state index is 11.2. The average molecular weight is 197 g/mol. The molecule has 1 heterocycles. The van der Waals surface area contributed by atoms with Crippen molar-refractivity contribution in [3.8, 4) is 5.75 Å². The molecule has 1 rings (SSSR count). The number of pyridine rings is 1. The molecule has 1 aromatic heterocycles. The minimum Gasteiger partial charge on any atom is -0.503 e. The number of hydrogen-bond donors (Lipinski definition) is 2. The molecule has 4 heteroatoms. The lowest BCUT2D eigenvalue weighted by molar-refractivity contribution is 0.278. The van der Waals surface area contributed by atoms with E-state index in [0.29, 0.717) is 18.7 Å². The first kappa shape index (κ1) is 10.8. The molecule has 0 aromatic carbocycles. The fraction of sp³-hybridized carbons (Fsp3) is 0.500. The second-order valence-corrected chi connectivity index (χ2v) is 3.31. The zero-order valence-corrected chi connectivity index (χ0v) is 8.45. The van der Waals surface area contributed by atoms with E-state index in [2.05, 4.69) is 0 Å². The fourth-order valence-corrected chi connectivity index (χ4v) is 1.48. The minimum atomic E-state index is -0.347. The molecule has 0 fully saturated rings. The maximum absolute atomic E-state index is 11.2. The van der Waals surface area contributed by atoms with Crippen LogP contribution in [0.2, 0.25) is 0 Å². The Morgan fingerprint density at radius 3 is 2.64 bits per heavy atom. The van der Waals surface area contributed by atoms with Gasteiger partial charge in [-0.05, 0) is 20.3 Å². The summed E-state index contributed by atoms with van der Waals surface area (Å²) in [6.45, 7) is 4.22. The van der Waals surface area contributed by atoms with Crippen molar-refractivity contribution in [1.82, 2.24) is 4.57 Å². The molecule has 0 amide bonds. The summed E-state index contributed by atoms with van der Waals surface area (Å²) in [7, 11) is 0. The molecule has 2 N–H and O–H groups in total. The third kappa shape index (κ3) is 1.96. The van der Waals surface area contributed by atoms with E-state index >= 15 is 0 Å². The van der Waals surface area contributed by atoms with E-state index < -0.39 is 0 Å². The quantitative estimate of drug-likeness (QED) is 0.744. The molecule has 0 atom stereocenters. The topological polar surface area (TPSA) is 62.5 Å². The van der Waals surface area contributed by atoms with Gasteiger partial charge in [0.2, 0.25) is 5.43 Å². The normalized spacial score (nSPS) is 10.5. The molecular formula is C10H15NO3. The van der Waals surface area contributed by atoms with Crippen molar-refractivity contribution in [2.45, 2.75) is 26.8 Å². The van der Waals surface area contributed by atoms with Crippen LogP contribution in [-0.2, 0) is 6.54 Å². The van der Waals surface area contributed by atoms with Crippen LogP contribution in [0.15, 0.2) is 10.9 Å². The van der Waals surface area contributed by atoms with E-state index in [0.717, 1.165) is 5.69 Å². The molecule has 0 aliphatic carbocycles. The van der Waals surface area contributed by atoms with E-state index in [1.54, 1.807) is 6.92 Å². The first-order valence-corrected chi connectivity index (χ1v) is 4.58. The molecule has 0 aliphatic heterocycles. The molecule has 0 radical (unpaired) electrons. The highest BCUT2D eigenvalue weighted by Gasteiger charge is 2.07. The van der Waals surface area contributed by atoms with E-state index in [-0.39, 0.29) is 17.8 Å². The first-order valence-electron chi connectivity index (χ1n) is 4.58. The second-order valence-electron chi connectivity index (χ2n) is 3.31.